The van der Waals surface area contributed by atoms with Gasteiger partial charge in [0.15, 0.2) is 0 Å². The molecule has 0 fully saturated rings. The van der Waals surface area contributed by atoms with Gasteiger partial charge in [0.1, 0.15) is 6.79 Å². The Morgan fingerprint density at radius 1 is 0.727 bits per heavy atom. The Kier molecular flexibility index (Phi) is 317. The van der Waals surface area contributed by atoms with Crippen LogP contribution in [0.1, 0.15) is 20.8 Å². The summed E-state index contributed by atoms with van der Waals surface area (Å²) in [7, 11) is 0. The van der Waals surface area contributed by atoms with Crippen LogP contribution in [-0.2, 0) is 4.79 Å². The van der Waals surface area contributed by atoms with Gasteiger partial charge in [-0.15, -0.1) is 19.7 Å². The first-order chi connectivity index (χ1) is 5.24. The van der Waals surface area contributed by atoms with Crippen molar-refractivity contribution in [1.82, 2.24) is 0 Å². The van der Waals surface area contributed by atoms with E-state index in [0.29, 0.717) is 0 Å². The van der Waals surface area contributed by atoms with Crippen molar-refractivity contribution in [1.29, 1.82) is 0 Å². The first-order valence-electron chi connectivity index (χ1n) is 3.25. The molecule has 0 aliphatic rings. The molecular weight excluding hydrogens is 136 g/mol. The predicted molar refractivity (Wildman–Crippen MR) is 54.7 cm³/mol. The highest BCUT2D eigenvalue weighted by molar-refractivity contribution is 5.10. The highest BCUT2D eigenvalue weighted by Gasteiger charge is 1.15. The minimum atomic E-state index is 1.75. The fourth-order valence-electron chi connectivity index (χ4n) is 0. The van der Waals surface area contributed by atoms with Gasteiger partial charge in [-0.3, -0.25) is 0 Å². The standard InChI is InChI=1S/3C3H6.CH2O/c3*1-3-2;1-2/h3*3H,1H2,2H3;1H2. The third kappa shape index (κ3) is 343. The van der Waals surface area contributed by atoms with Crippen LogP contribution >= 0.6 is 0 Å². The minimum Gasteiger partial charge on any atom is -0.307 e. The molecule has 0 unspecified atom stereocenters. The second-order valence-electron chi connectivity index (χ2n) is 1.22. The molecule has 0 aromatic heterocycles. The molecule has 0 amide bonds. The van der Waals surface area contributed by atoms with E-state index in [4.69, 9.17) is 4.79 Å². The van der Waals surface area contributed by atoms with Gasteiger partial charge in [0.05, 0.1) is 0 Å². The van der Waals surface area contributed by atoms with Crippen molar-refractivity contribution in [2.45, 2.75) is 20.8 Å². The van der Waals surface area contributed by atoms with Crippen LogP contribution < -0.4 is 0 Å². The first-order valence-corrected chi connectivity index (χ1v) is 3.25. The van der Waals surface area contributed by atoms with Gasteiger partial charge in [-0.05, 0) is 20.8 Å². The lowest BCUT2D eigenvalue weighted by Crippen LogP contribution is -1.07. The van der Waals surface area contributed by atoms with Crippen LogP contribution in [0.2, 0.25) is 0 Å². The number of hydrogen-bond donors (Lipinski definition) is 0. The highest BCUT2D eigenvalue weighted by atomic mass is 16.1. The topological polar surface area (TPSA) is 17.1 Å². The molecule has 0 saturated carbocycles. The summed E-state index contributed by atoms with van der Waals surface area (Å²) < 4.78 is 0. The van der Waals surface area contributed by atoms with Crippen molar-refractivity contribution in [3.05, 3.63) is 38.0 Å². The average molecular weight is 156 g/mol. The predicted octanol–water partition coefficient (Wildman–Crippen LogP) is 3.39. The van der Waals surface area contributed by atoms with E-state index in [2.05, 4.69) is 19.7 Å². The number of rotatable bonds is 0. The van der Waals surface area contributed by atoms with Crippen LogP contribution in [0.3, 0.4) is 0 Å². The molecule has 11 heavy (non-hydrogen) atoms. The molecule has 0 N–H and O–H groups in total. The van der Waals surface area contributed by atoms with Gasteiger partial charge in [0, 0.05) is 0 Å². The maximum absolute atomic E-state index is 8.00. The summed E-state index contributed by atoms with van der Waals surface area (Å²) in [6, 6.07) is 0. The lowest BCUT2D eigenvalue weighted by molar-refractivity contribution is -0.0979. The lowest BCUT2D eigenvalue weighted by atomic mass is 10.8. The van der Waals surface area contributed by atoms with Crippen LogP contribution in [0, 0.1) is 0 Å². The summed E-state index contributed by atoms with van der Waals surface area (Å²) in [5.74, 6) is 0. The maximum atomic E-state index is 8.00. The van der Waals surface area contributed by atoms with Crippen LogP contribution in [0.5, 0.6) is 0 Å². The third-order valence-corrected chi connectivity index (χ3v) is 0. The molecule has 1 heteroatoms. The Morgan fingerprint density at radius 3 is 0.727 bits per heavy atom. The van der Waals surface area contributed by atoms with Gasteiger partial charge >= 0.3 is 0 Å². The molecule has 0 radical (unpaired) electrons. The zero-order valence-electron chi connectivity index (χ0n) is 7.97. The molecule has 0 aromatic carbocycles. The molecule has 0 atom stereocenters. The Morgan fingerprint density at radius 2 is 0.727 bits per heavy atom. The molecule has 0 rings (SSSR count). The van der Waals surface area contributed by atoms with Crippen molar-refractivity contribution in [3.8, 4) is 0 Å². The van der Waals surface area contributed by atoms with Gasteiger partial charge in [-0.2, -0.15) is 0 Å². The molecule has 66 valence electrons. The summed E-state index contributed by atoms with van der Waals surface area (Å²) in [4.78, 5) is 8.00. The van der Waals surface area contributed by atoms with Crippen molar-refractivity contribution in [2.75, 3.05) is 0 Å². The van der Waals surface area contributed by atoms with E-state index >= 15 is 0 Å². The first kappa shape index (κ1) is 22.5. The lowest BCUT2D eigenvalue weighted by Gasteiger charge is -1.31. The van der Waals surface area contributed by atoms with Gasteiger partial charge in [-0.1, -0.05) is 18.2 Å². The minimum absolute atomic E-state index is 1.75. The van der Waals surface area contributed by atoms with Gasteiger partial charge in [0.2, 0.25) is 0 Å². The van der Waals surface area contributed by atoms with E-state index in [1.807, 2.05) is 27.6 Å². The van der Waals surface area contributed by atoms with E-state index in [1.54, 1.807) is 18.2 Å². The van der Waals surface area contributed by atoms with Gasteiger partial charge in [0.25, 0.3) is 0 Å². The SMILES string of the molecule is C=CC.C=CC.C=CC.C=O. The molecular formula is C10H20O. The van der Waals surface area contributed by atoms with Crippen molar-refractivity contribution in [2.24, 2.45) is 0 Å². The number of allylic oxidation sites excluding steroid dienone is 3. The highest BCUT2D eigenvalue weighted by Crippen LogP contribution is 1.38. The van der Waals surface area contributed by atoms with Crippen LogP contribution in [-0.4, -0.2) is 6.79 Å². The normalized spacial score (nSPS) is 3.91. The average Bonchev–Trinajstić information content (AvgIpc) is 1.96. The zero-order valence-corrected chi connectivity index (χ0v) is 7.97. The van der Waals surface area contributed by atoms with Crippen molar-refractivity contribution < 1.29 is 4.79 Å². The molecule has 0 aromatic rings. The van der Waals surface area contributed by atoms with Gasteiger partial charge < -0.3 is 4.79 Å². The number of carbonyl (C=O) groups is 1. The third-order valence-electron chi connectivity index (χ3n) is 0. The molecule has 0 bridgehead atoms. The quantitative estimate of drug-likeness (QED) is 0.491. The molecule has 0 aliphatic heterocycles. The van der Waals surface area contributed by atoms with Gasteiger partial charge in [-0.25, -0.2) is 0 Å². The Bertz CT molecular complexity index is 51.0. The maximum Gasteiger partial charge on any atom is 0.106 e. The second kappa shape index (κ2) is 155. The largest absolute Gasteiger partial charge is 0.307 e. The molecule has 0 aliphatic carbocycles. The van der Waals surface area contributed by atoms with Crippen LogP contribution in [0.4, 0.5) is 0 Å². The Hall–Kier alpha value is -1.11. The van der Waals surface area contributed by atoms with Crippen LogP contribution in [0.15, 0.2) is 38.0 Å². The van der Waals surface area contributed by atoms with E-state index in [1.165, 1.54) is 0 Å². The summed E-state index contributed by atoms with van der Waals surface area (Å²) in [6.45, 7) is 17.8. The zero-order chi connectivity index (χ0) is 10.1. The molecule has 0 heterocycles. The molecule has 0 spiro atoms. The number of hydrogen-bond acceptors (Lipinski definition) is 1. The van der Waals surface area contributed by atoms with E-state index in [9.17, 15) is 0 Å². The summed E-state index contributed by atoms with van der Waals surface area (Å²) in [6.07, 6.45) is 5.25. The Labute approximate surface area is 71.1 Å². The summed E-state index contributed by atoms with van der Waals surface area (Å²) in [5, 5.41) is 0. The smallest absolute Gasteiger partial charge is 0.106 e. The fraction of sp³-hybridized carbons (Fsp3) is 0.300. The fourth-order valence-corrected chi connectivity index (χ4v) is 0. The van der Waals surface area contributed by atoms with E-state index < -0.39 is 0 Å². The van der Waals surface area contributed by atoms with E-state index in [0.717, 1.165) is 0 Å². The molecule has 1 nitrogen and oxygen atoms in total. The number of carbonyl (C=O) groups excluding carboxylic acids is 1. The summed E-state index contributed by atoms with van der Waals surface area (Å²) in [5.41, 5.74) is 0. The second-order valence-corrected chi connectivity index (χ2v) is 1.22. The monoisotopic (exact) mass is 156 g/mol. The van der Waals surface area contributed by atoms with E-state index in [-0.39, 0.29) is 0 Å². The molecule has 0 saturated heterocycles. The van der Waals surface area contributed by atoms with Crippen molar-refractivity contribution >= 4 is 6.79 Å². The van der Waals surface area contributed by atoms with Crippen LogP contribution in [0.25, 0.3) is 0 Å². The van der Waals surface area contributed by atoms with Crippen molar-refractivity contribution in [3.63, 3.8) is 0 Å². The Balaban J connectivity index is -0.0000000301. The summed E-state index contributed by atoms with van der Waals surface area (Å²) >= 11 is 0.